The first-order chi connectivity index (χ1) is 10.2. The van der Waals surface area contributed by atoms with Crippen molar-refractivity contribution in [3.05, 3.63) is 18.2 Å². The van der Waals surface area contributed by atoms with Crippen LogP contribution in [0.2, 0.25) is 0 Å². The number of rotatable bonds is 6. The molecule has 5 nitrogen and oxygen atoms in total. The Hall–Kier alpha value is -1.75. The summed E-state index contributed by atoms with van der Waals surface area (Å²) in [5.74, 6) is 1.51. The van der Waals surface area contributed by atoms with E-state index in [1.165, 1.54) is 0 Å². The molecule has 1 unspecified atom stereocenters. The maximum absolute atomic E-state index is 12.6. The number of nitrogens with zero attached hydrogens (tertiary/aromatic N) is 1. The summed E-state index contributed by atoms with van der Waals surface area (Å²) in [4.78, 5) is 14.4. The van der Waals surface area contributed by atoms with Crippen LogP contribution >= 0.6 is 0 Å². The lowest BCUT2D eigenvalue weighted by molar-refractivity contribution is -0.121. The number of anilines is 1. The summed E-state index contributed by atoms with van der Waals surface area (Å²) in [5, 5.41) is 3.32. The predicted molar refractivity (Wildman–Crippen MR) is 83.2 cm³/mol. The van der Waals surface area contributed by atoms with E-state index >= 15 is 0 Å². The molecule has 1 heterocycles. The molecule has 1 saturated heterocycles. The number of hydrogen-bond acceptors (Lipinski definition) is 4. The molecular weight excluding hydrogens is 268 g/mol. The summed E-state index contributed by atoms with van der Waals surface area (Å²) in [7, 11) is 3.23. The van der Waals surface area contributed by atoms with Gasteiger partial charge < -0.3 is 19.7 Å². The van der Waals surface area contributed by atoms with Crippen LogP contribution in [0.25, 0.3) is 0 Å². The number of hydrogen-bond donors (Lipinski definition) is 1. The Bertz CT molecular complexity index is 490. The van der Waals surface area contributed by atoms with Gasteiger partial charge in [0.05, 0.1) is 25.9 Å². The van der Waals surface area contributed by atoms with Gasteiger partial charge in [-0.05, 0) is 37.9 Å². The van der Waals surface area contributed by atoms with Crippen molar-refractivity contribution < 1.29 is 14.3 Å². The quantitative estimate of drug-likeness (QED) is 0.873. The summed E-state index contributed by atoms with van der Waals surface area (Å²) < 4.78 is 10.6. The molecule has 0 radical (unpaired) electrons. The van der Waals surface area contributed by atoms with E-state index in [1.807, 2.05) is 23.1 Å². The van der Waals surface area contributed by atoms with Crippen molar-refractivity contribution in [1.82, 2.24) is 5.32 Å². The number of benzene rings is 1. The Morgan fingerprint density at radius 2 is 2.14 bits per heavy atom. The minimum absolute atomic E-state index is 0.0921. The van der Waals surface area contributed by atoms with Gasteiger partial charge in [-0.25, -0.2) is 0 Å². The van der Waals surface area contributed by atoms with Gasteiger partial charge in [-0.1, -0.05) is 6.92 Å². The molecular formula is C16H24N2O3. The molecule has 1 aliphatic heterocycles. The Morgan fingerprint density at radius 3 is 2.81 bits per heavy atom. The molecule has 0 spiro atoms. The molecule has 1 aromatic carbocycles. The lowest BCUT2D eigenvalue weighted by Gasteiger charge is -2.33. The van der Waals surface area contributed by atoms with Crippen LogP contribution in [-0.4, -0.2) is 39.3 Å². The number of piperidine rings is 1. The third kappa shape index (κ3) is 3.47. The zero-order chi connectivity index (χ0) is 15.2. The van der Waals surface area contributed by atoms with Crippen molar-refractivity contribution in [1.29, 1.82) is 0 Å². The Morgan fingerprint density at radius 1 is 1.33 bits per heavy atom. The third-order valence-electron chi connectivity index (χ3n) is 3.76. The van der Waals surface area contributed by atoms with Crippen LogP contribution in [0.4, 0.5) is 5.69 Å². The van der Waals surface area contributed by atoms with E-state index in [2.05, 4.69) is 12.2 Å². The van der Waals surface area contributed by atoms with Crippen molar-refractivity contribution in [3.63, 3.8) is 0 Å². The topological polar surface area (TPSA) is 50.8 Å². The monoisotopic (exact) mass is 292 g/mol. The first kappa shape index (κ1) is 15.6. The number of ether oxygens (including phenoxy) is 2. The fraction of sp³-hybridized carbons (Fsp3) is 0.562. The van der Waals surface area contributed by atoms with Gasteiger partial charge in [0.15, 0.2) is 0 Å². The van der Waals surface area contributed by atoms with E-state index in [9.17, 15) is 4.79 Å². The minimum atomic E-state index is -0.0921. The molecule has 0 saturated carbocycles. The molecule has 1 aromatic rings. The highest BCUT2D eigenvalue weighted by Crippen LogP contribution is 2.34. The van der Waals surface area contributed by atoms with Crippen molar-refractivity contribution in [2.75, 3.05) is 32.2 Å². The van der Waals surface area contributed by atoms with Crippen LogP contribution in [0, 0.1) is 0 Å². The van der Waals surface area contributed by atoms with Crippen molar-refractivity contribution >= 4 is 11.6 Å². The molecule has 1 atom stereocenters. The Balaban J connectivity index is 2.22. The molecule has 116 valence electrons. The zero-order valence-electron chi connectivity index (χ0n) is 13.0. The SMILES string of the molecule is CCCNC1CCCN(c2ccc(OC)cc2OC)C1=O. The average Bonchev–Trinajstić information content (AvgIpc) is 2.53. The van der Waals surface area contributed by atoms with Gasteiger partial charge in [-0.3, -0.25) is 4.79 Å². The first-order valence-electron chi connectivity index (χ1n) is 7.48. The van der Waals surface area contributed by atoms with Crippen LogP contribution in [0.5, 0.6) is 11.5 Å². The highest BCUT2D eigenvalue weighted by atomic mass is 16.5. The molecule has 0 aromatic heterocycles. The summed E-state index contributed by atoms with van der Waals surface area (Å²) in [5.41, 5.74) is 0.811. The van der Waals surface area contributed by atoms with Gasteiger partial charge in [-0.15, -0.1) is 0 Å². The predicted octanol–water partition coefficient (Wildman–Crippen LogP) is 2.20. The molecule has 1 N–H and O–H groups in total. The molecule has 0 bridgehead atoms. The largest absolute Gasteiger partial charge is 0.497 e. The maximum atomic E-state index is 12.6. The Labute approximate surface area is 126 Å². The fourth-order valence-corrected chi connectivity index (χ4v) is 2.63. The number of methoxy groups -OCH3 is 2. The second kappa shape index (κ2) is 7.31. The van der Waals surface area contributed by atoms with Crippen molar-refractivity contribution in [3.8, 4) is 11.5 Å². The molecule has 2 rings (SSSR count). The summed E-state index contributed by atoms with van der Waals surface area (Å²) >= 11 is 0. The minimum Gasteiger partial charge on any atom is -0.497 e. The lowest BCUT2D eigenvalue weighted by atomic mass is 10.0. The normalized spacial score (nSPS) is 18.7. The molecule has 21 heavy (non-hydrogen) atoms. The Kier molecular flexibility index (Phi) is 5.44. The summed E-state index contributed by atoms with van der Waals surface area (Å²) in [6.07, 6.45) is 2.91. The lowest BCUT2D eigenvalue weighted by Crippen LogP contribution is -2.51. The number of carbonyl (C=O) groups is 1. The maximum Gasteiger partial charge on any atom is 0.244 e. The van der Waals surface area contributed by atoms with Gasteiger partial charge in [-0.2, -0.15) is 0 Å². The van der Waals surface area contributed by atoms with E-state index in [0.29, 0.717) is 5.75 Å². The van der Waals surface area contributed by atoms with Crippen molar-refractivity contribution in [2.45, 2.75) is 32.2 Å². The van der Waals surface area contributed by atoms with Crippen LogP contribution in [0.1, 0.15) is 26.2 Å². The molecule has 1 fully saturated rings. The fourth-order valence-electron chi connectivity index (χ4n) is 2.63. The van der Waals surface area contributed by atoms with E-state index in [-0.39, 0.29) is 11.9 Å². The summed E-state index contributed by atoms with van der Waals surface area (Å²) in [6.45, 7) is 3.69. The van der Waals surface area contributed by atoms with Crippen LogP contribution in [0.15, 0.2) is 18.2 Å². The van der Waals surface area contributed by atoms with Gasteiger partial charge >= 0.3 is 0 Å². The average molecular weight is 292 g/mol. The van der Waals surface area contributed by atoms with E-state index in [1.54, 1.807) is 14.2 Å². The van der Waals surface area contributed by atoms with E-state index in [4.69, 9.17) is 9.47 Å². The molecule has 5 heteroatoms. The van der Waals surface area contributed by atoms with Gasteiger partial charge in [0.25, 0.3) is 0 Å². The number of carbonyl (C=O) groups excluding carboxylic acids is 1. The third-order valence-corrected chi connectivity index (χ3v) is 3.76. The van der Waals surface area contributed by atoms with Gasteiger partial charge in [0.2, 0.25) is 5.91 Å². The first-order valence-corrected chi connectivity index (χ1v) is 7.48. The molecule has 1 amide bonds. The van der Waals surface area contributed by atoms with Crippen LogP contribution in [0.3, 0.4) is 0 Å². The highest BCUT2D eigenvalue weighted by Gasteiger charge is 2.30. The van der Waals surface area contributed by atoms with Crippen LogP contribution < -0.4 is 19.7 Å². The molecule has 0 aliphatic carbocycles. The smallest absolute Gasteiger partial charge is 0.244 e. The van der Waals surface area contributed by atoms with Gasteiger partial charge in [0.1, 0.15) is 11.5 Å². The molecule has 1 aliphatic rings. The number of amides is 1. The summed E-state index contributed by atoms with van der Waals surface area (Å²) in [6, 6.07) is 5.46. The second-order valence-corrected chi connectivity index (χ2v) is 5.18. The van der Waals surface area contributed by atoms with E-state index in [0.717, 1.165) is 43.8 Å². The van der Waals surface area contributed by atoms with E-state index < -0.39 is 0 Å². The standard InChI is InChI=1S/C16H24N2O3/c1-4-9-17-13-6-5-10-18(16(13)19)14-8-7-12(20-2)11-15(14)21-3/h7-8,11,13,17H,4-6,9-10H2,1-3H3. The van der Waals surface area contributed by atoms with Crippen LogP contribution in [-0.2, 0) is 4.79 Å². The number of nitrogens with one attached hydrogen (secondary N) is 1. The highest BCUT2D eigenvalue weighted by molar-refractivity contribution is 5.99. The second-order valence-electron chi connectivity index (χ2n) is 5.18. The zero-order valence-corrected chi connectivity index (χ0v) is 13.0. The van der Waals surface area contributed by atoms with Gasteiger partial charge in [0, 0.05) is 12.6 Å². The van der Waals surface area contributed by atoms with Crippen molar-refractivity contribution in [2.24, 2.45) is 0 Å².